The average Bonchev–Trinajstić information content (AvgIpc) is 2.80. The van der Waals surface area contributed by atoms with Gasteiger partial charge in [-0.05, 0) is 96.3 Å². The summed E-state index contributed by atoms with van der Waals surface area (Å²) in [6.45, 7) is 12.2. The molecule has 3 rings (SSSR count). The lowest BCUT2D eigenvalue weighted by atomic mass is 9.88. The van der Waals surface area contributed by atoms with E-state index in [1.807, 2.05) is 32.9 Å². The number of carbonyl (C=O) groups is 1. The Morgan fingerprint density at radius 1 is 1.06 bits per heavy atom. The highest BCUT2D eigenvalue weighted by Gasteiger charge is 2.28. The van der Waals surface area contributed by atoms with Crippen LogP contribution < -0.4 is 15.8 Å². The molecular weight excluding hydrogens is 448 g/mol. The van der Waals surface area contributed by atoms with Gasteiger partial charge in [-0.15, -0.1) is 0 Å². The van der Waals surface area contributed by atoms with Crippen LogP contribution in [0.25, 0.3) is 0 Å². The minimum Gasteiger partial charge on any atom is -0.369 e. The number of pyridine rings is 1. The number of aryl methyl sites for hydroxylation is 2. The first-order chi connectivity index (χ1) is 16.2. The van der Waals surface area contributed by atoms with Gasteiger partial charge in [0.2, 0.25) is 0 Å². The van der Waals surface area contributed by atoms with Gasteiger partial charge in [-0.1, -0.05) is 18.5 Å². The zero-order valence-corrected chi connectivity index (χ0v) is 22.2. The number of nitrogens with zero attached hydrogens (tertiary/aromatic N) is 2. The van der Waals surface area contributed by atoms with Crippen molar-refractivity contribution >= 4 is 23.2 Å². The van der Waals surface area contributed by atoms with Crippen LogP contribution in [0.3, 0.4) is 0 Å². The fourth-order valence-corrected chi connectivity index (χ4v) is 5.47. The standard InChI is InChI=1S/C27H39ClN4O2/c1-7-31(6)21-9-11-22(12-10-21)32(8-2)25-15-20(28)14-23(19(25)5)26(33)29-16-24-17(3)13-18(4)30-27(24)34/h13-15,21-22H,7-12,16H2,1-6H3,(H,29,33)(H,30,34)/t21-,22-. The number of hydrogen-bond acceptors (Lipinski definition) is 4. The summed E-state index contributed by atoms with van der Waals surface area (Å²) in [5.41, 5.74) is 4.59. The molecule has 2 N–H and O–H groups in total. The molecule has 0 atom stereocenters. The summed E-state index contributed by atoms with van der Waals surface area (Å²) in [6.07, 6.45) is 4.63. The van der Waals surface area contributed by atoms with E-state index in [0.29, 0.717) is 28.2 Å². The van der Waals surface area contributed by atoms with Crippen LogP contribution in [-0.4, -0.2) is 48.0 Å². The van der Waals surface area contributed by atoms with Crippen molar-refractivity contribution in [1.82, 2.24) is 15.2 Å². The van der Waals surface area contributed by atoms with Crippen LogP contribution >= 0.6 is 11.6 Å². The van der Waals surface area contributed by atoms with E-state index < -0.39 is 0 Å². The molecular formula is C27H39ClN4O2. The lowest BCUT2D eigenvalue weighted by molar-refractivity contribution is 0.0950. The highest BCUT2D eigenvalue weighted by Crippen LogP contribution is 2.34. The second-order valence-corrected chi connectivity index (χ2v) is 9.98. The van der Waals surface area contributed by atoms with Crippen molar-refractivity contribution in [2.75, 3.05) is 25.0 Å². The Balaban J connectivity index is 1.80. The van der Waals surface area contributed by atoms with Gasteiger partial charge in [0.15, 0.2) is 0 Å². The number of carbonyl (C=O) groups excluding carboxylic acids is 1. The zero-order valence-electron chi connectivity index (χ0n) is 21.4. The summed E-state index contributed by atoms with van der Waals surface area (Å²) in [5.74, 6) is -0.218. The van der Waals surface area contributed by atoms with Gasteiger partial charge in [0.05, 0.1) is 0 Å². The van der Waals surface area contributed by atoms with Gasteiger partial charge in [-0.3, -0.25) is 9.59 Å². The quantitative estimate of drug-likeness (QED) is 0.552. The maximum atomic E-state index is 13.2. The van der Waals surface area contributed by atoms with Gasteiger partial charge < -0.3 is 20.1 Å². The molecule has 1 heterocycles. The van der Waals surface area contributed by atoms with Gasteiger partial charge >= 0.3 is 0 Å². The average molecular weight is 487 g/mol. The van der Waals surface area contributed by atoms with E-state index in [4.69, 9.17) is 11.6 Å². The van der Waals surface area contributed by atoms with E-state index in [-0.39, 0.29) is 18.0 Å². The summed E-state index contributed by atoms with van der Waals surface area (Å²) < 4.78 is 0. The molecule has 0 unspecified atom stereocenters. The molecule has 1 fully saturated rings. The third kappa shape index (κ3) is 5.84. The van der Waals surface area contributed by atoms with Crippen molar-refractivity contribution in [1.29, 1.82) is 0 Å². The minimum absolute atomic E-state index is 0.164. The molecule has 0 aliphatic heterocycles. The monoisotopic (exact) mass is 486 g/mol. The van der Waals surface area contributed by atoms with Gasteiger partial charge in [0.25, 0.3) is 11.5 Å². The Morgan fingerprint density at radius 3 is 2.29 bits per heavy atom. The Bertz CT molecular complexity index is 1070. The van der Waals surface area contributed by atoms with E-state index in [2.05, 4.69) is 41.0 Å². The fraction of sp³-hybridized carbons (Fsp3) is 0.556. The predicted octanol–water partition coefficient (Wildman–Crippen LogP) is 4.97. The number of benzene rings is 1. The van der Waals surface area contributed by atoms with Gasteiger partial charge in [-0.25, -0.2) is 0 Å². The smallest absolute Gasteiger partial charge is 0.253 e. The third-order valence-corrected chi connectivity index (χ3v) is 7.61. The van der Waals surface area contributed by atoms with Crippen LogP contribution in [0.2, 0.25) is 5.02 Å². The van der Waals surface area contributed by atoms with Crippen molar-refractivity contribution in [2.24, 2.45) is 0 Å². The molecule has 2 aromatic rings. The molecule has 1 aliphatic carbocycles. The lowest BCUT2D eigenvalue weighted by Gasteiger charge is -2.41. The van der Waals surface area contributed by atoms with Crippen LogP contribution in [0.4, 0.5) is 5.69 Å². The van der Waals surface area contributed by atoms with Crippen LogP contribution in [0, 0.1) is 20.8 Å². The molecule has 1 aromatic heterocycles. The Morgan fingerprint density at radius 2 is 1.71 bits per heavy atom. The molecule has 0 radical (unpaired) electrons. The number of hydrogen-bond donors (Lipinski definition) is 2. The highest BCUT2D eigenvalue weighted by atomic mass is 35.5. The largest absolute Gasteiger partial charge is 0.369 e. The topological polar surface area (TPSA) is 68.4 Å². The van der Waals surface area contributed by atoms with Crippen LogP contribution in [-0.2, 0) is 6.54 Å². The van der Waals surface area contributed by atoms with Crippen molar-refractivity contribution in [3.63, 3.8) is 0 Å². The summed E-state index contributed by atoms with van der Waals surface area (Å²) in [6, 6.07) is 6.71. The number of anilines is 1. The number of H-pyrrole nitrogens is 1. The third-order valence-electron chi connectivity index (χ3n) is 7.39. The summed E-state index contributed by atoms with van der Waals surface area (Å²) in [4.78, 5) is 33.2. The Hall–Kier alpha value is -2.31. The fourth-order valence-electron chi connectivity index (χ4n) is 5.26. The molecule has 1 aliphatic rings. The molecule has 1 amide bonds. The maximum Gasteiger partial charge on any atom is 0.253 e. The summed E-state index contributed by atoms with van der Waals surface area (Å²) in [5, 5.41) is 3.48. The first-order valence-corrected chi connectivity index (χ1v) is 12.8. The molecule has 34 heavy (non-hydrogen) atoms. The van der Waals surface area contributed by atoms with Crippen molar-refractivity contribution < 1.29 is 4.79 Å². The SMILES string of the molecule is CCN(C)[C@H]1CC[C@H](N(CC)c2cc(Cl)cc(C(=O)NCc3c(C)cc(C)[nH]c3=O)c2C)CC1. The molecule has 7 heteroatoms. The van der Waals surface area contributed by atoms with Crippen LogP contribution in [0.5, 0.6) is 0 Å². The molecule has 1 aromatic carbocycles. The number of rotatable bonds is 8. The van der Waals surface area contributed by atoms with E-state index in [1.165, 1.54) is 12.8 Å². The Labute approximate surface area is 208 Å². The highest BCUT2D eigenvalue weighted by molar-refractivity contribution is 6.31. The van der Waals surface area contributed by atoms with Crippen LogP contribution in [0.1, 0.15) is 72.3 Å². The number of aromatic nitrogens is 1. The van der Waals surface area contributed by atoms with Gasteiger partial charge in [0, 0.05) is 52.7 Å². The molecule has 0 saturated heterocycles. The number of nitrogens with one attached hydrogen (secondary N) is 2. The molecule has 0 bridgehead atoms. The second kappa shape index (κ2) is 11.4. The molecule has 6 nitrogen and oxygen atoms in total. The minimum atomic E-state index is -0.218. The van der Waals surface area contributed by atoms with E-state index in [1.54, 1.807) is 6.07 Å². The Kier molecular flexibility index (Phi) is 8.83. The number of halogens is 1. The first-order valence-electron chi connectivity index (χ1n) is 12.4. The summed E-state index contributed by atoms with van der Waals surface area (Å²) in [7, 11) is 2.21. The summed E-state index contributed by atoms with van der Waals surface area (Å²) >= 11 is 6.51. The van der Waals surface area contributed by atoms with Gasteiger partial charge in [-0.2, -0.15) is 0 Å². The molecule has 186 valence electrons. The van der Waals surface area contributed by atoms with Gasteiger partial charge in [0.1, 0.15) is 0 Å². The van der Waals surface area contributed by atoms with Crippen molar-refractivity contribution in [3.8, 4) is 0 Å². The lowest BCUT2D eigenvalue weighted by Crippen LogP contribution is -2.43. The number of amides is 1. The first kappa shape index (κ1) is 26.3. The second-order valence-electron chi connectivity index (χ2n) is 9.54. The number of aromatic amines is 1. The van der Waals surface area contributed by atoms with E-state index in [0.717, 1.165) is 48.4 Å². The zero-order chi connectivity index (χ0) is 25.0. The molecule has 1 saturated carbocycles. The van der Waals surface area contributed by atoms with Crippen LogP contribution in [0.15, 0.2) is 23.0 Å². The maximum absolute atomic E-state index is 13.2. The predicted molar refractivity (Wildman–Crippen MR) is 141 cm³/mol. The van der Waals surface area contributed by atoms with E-state index in [9.17, 15) is 9.59 Å². The van der Waals surface area contributed by atoms with Crippen molar-refractivity contribution in [2.45, 2.75) is 78.9 Å². The normalized spacial score (nSPS) is 18.2. The van der Waals surface area contributed by atoms with E-state index >= 15 is 0 Å². The van der Waals surface area contributed by atoms with Crippen molar-refractivity contribution in [3.05, 3.63) is 61.5 Å². The molecule has 0 spiro atoms.